The molecule has 0 aliphatic carbocycles. The summed E-state index contributed by atoms with van der Waals surface area (Å²) < 4.78 is 82.4. The molecule has 0 radical (unpaired) electrons. The Morgan fingerprint density at radius 2 is 1.74 bits per heavy atom. The van der Waals surface area contributed by atoms with Gasteiger partial charge in [0.05, 0.1) is 11.0 Å². The van der Waals surface area contributed by atoms with Gasteiger partial charge in [0.25, 0.3) is 0 Å². The number of rotatable bonds is 6. The Morgan fingerprint density at radius 1 is 1.13 bits per heavy atom. The van der Waals surface area contributed by atoms with E-state index in [1.807, 2.05) is 4.90 Å². The smallest absolute Gasteiger partial charge is 0.406 e. The van der Waals surface area contributed by atoms with Crippen molar-refractivity contribution in [2.24, 2.45) is 0 Å². The summed E-state index contributed by atoms with van der Waals surface area (Å²) in [6, 6.07) is 7.06. The van der Waals surface area contributed by atoms with Gasteiger partial charge < -0.3 is 14.7 Å². The number of halogens is 4. The lowest BCUT2D eigenvalue weighted by Gasteiger charge is -2.34. The number of nitrogens with one attached hydrogen (secondary N) is 1. The van der Waals surface area contributed by atoms with Gasteiger partial charge in [-0.05, 0) is 67.8 Å². The van der Waals surface area contributed by atoms with Gasteiger partial charge in [-0.2, -0.15) is 0 Å². The molecule has 2 aromatic carbocycles. The summed E-state index contributed by atoms with van der Waals surface area (Å²) >= 11 is 0. The van der Waals surface area contributed by atoms with Crippen molar-refractivity contribution in [3.8, 4) is 5.75 Å². The highest BCUT2D eigenvalue weighted by molar-refractivity contribution is 7.89. The van der Waals surface area contributed by atoms with Crippen LogP contribution >= 0.6 is 0 Å². The first-order chi connectivity index (χ1) is 14.4. The summed E-state index contributed by atoms with van der Waals surface area (Å²) in [4.78, 5) is 1.70. The highest BCUT2D eigenvalue weighted by Crippen LogP contribution is 2.31. The zero-order valence-electron chi connectivity index (χ0n) is 16.6. The molecule has 1 fully saturated rings. The molecule has 1 atom stereocenters. The lowest BCUT2D eigenvalue weighted by Crippen LogP contribution is -2.37. The zero-order valence-corrected chi connectivity index (χ0v) is 17.4. The maximum Gasteiger partial charge on any atom is 0.573 e. The highest BCUT2D eigenvalue weighted by Gasteiger charge is 2.31. The molecule has 1 aliphatic rings. The Kier molecular flexibility index (Phi) is 6.77. The van der Waals surface area contributed by atoms with Crippen molar-refractivity contribution in [2.45, 2.75) is 43.2 Å². The summed E-state index contributed by atoms with van der Waals surface area (Å²) in [5.74, 6) is -1.07. The summed E-state index contributed by atoms with van der Waals surface area (Å²) in [5.41, 5.74) is 1.06. The number of hydrogen-bond donors (Lipinski definition) is 2. The molecule has 0 amide bonds. The molecule has 6 nitrogen and oxygen atoms in total. The Morgan fingerprint density at radius 3 is 2.32 bits per heavy atom. The standard InChI is InChI=1S/C20H22F4N2O4S/c1-13(18-12-14(21)2-7-19(18)26-10-8-15(27)9-11-26)25-31(28,29)17-5-3-16(4-6-17)30-20(22,23)24/h2-7,12-13,15,25,27H,8-11H2,1H3/t13-/m0/s1. The molecule has 11 heteroatoms. The summed E-state index contributed by atoms with van der Waals surface area (Å²) in [5, 5.41) is 9.71. The number of anilines is 1. The molecular formula is C20H22F4N2O4S. The molecule has 1 heterocycles. The van der Waals surface area contributed by atoms with Crippen LogP contribution in [0.3, 0.4) is 0 Å². The average Bonchev–Trinajstić information content (AvgIpc) is 2.67. The fourth-order valence-electron chi connectivity index (χ4n) is 3.45. The van der Waals surface area contributed by atoms with Crippen molar-refractivity contribution < 1.29 is 35.8 Å². The van der Waals surface area contributed by atoms with Crippen molar-refractivity contribution in [3.05, 3.63) is 53.8 Å². The van der Waals surface area contributed by atoms with E-state index in [9.17, 15) is 31.1 Å². The topological polar surface area (TPSA) is 78.9 Å². The molecule has 0 saturated carbocycles. The third kappa shape index (κ3) is 6.08. The number of aliphatic hydroxyl groups is 1. The minimum absolute atomic E-state index is 0.257. The van der Waals surface area contributed by atoms with Crippen LogP contribution in [0.2, 0.25) is 0 Å². The molecule has 0 bridgehead atoms. The average molecular weight is 462 g/mol. The summed E-state index contributed by atoms with van der Waals surface area (Å²) in [7, 11) is -4.10. The van der Waals surface area contributed by atoms with E-state index in [1.54, 1.807) is 13.0 Å². The largest absolute Gasteiger partial charge is 0.573 e. The third-order valence-corrected chi connectivity index (χ3v) is 6.52. The molecule has 0 spiro atoms. The van der Waals surface area contributed by atoms with Crippen LogP contribution in [0.5, 0.6) is 5.75 Å². The van der Waals surface area contributed by atoms with E-state index in [0.29, 0.717) is 37.2 Å². The van der Waals surface area contributed by atoms with E-state index in [1.165, 1.54) is 12.1 Å². The van der Waals surface area contributed by atoms with E-state index in [2.05, 4.69) is 9.46 Å². The zero-order chi connectivity index (χ0) is 22.8. The predicted molar refractivity (Wildman–Crippen MR) is 106 cm³/mol. The molecule has 2 aromatic rings. The minimum atomic E-state index is -4.88. The molecule has 1 saturated heterocycles. The van der Waals surface area contributed by atoms with Gasteiger partial charge in [-0.25, -0.2) is 17.5 Å². The van der Waals surface area contributed by atoms with Crippen molar-refractivity contribution >= 4 is 15.7 Å². The Bertz CT molecular complexity index is 1000. The quantitative estimate of drug-likeness (QED) is 0.640. The highest BCUT2D eigenvalue weighted by atomic mass is 32.2. The monoisotopic (exact) mass is 462 g/mol. The van der Waals surface area contributed by atoms with Gasteiger partial charge >= 0.3 is 6.36 Å². The molecule has 0 aromatic heterocycles. The van der Waals surface area contributed by atoms with Gasteiger partial charge in [0.2, 0.25) is 10.0 Å². The number of hydrogen-bond acceptors (Lipinski definition) is 5. The van der Waals surface area contributed by atoms with Crippen LogP contribution in [-0.2, 0) is 10.0 Å². The van der Waals surface area contributed by atoms with Crippen LogP contribution in [0.15, 0.2) is 47.4 Å². The van der Waals surface area contributed by atoms with Crippen LogP contribution < -0.4 is 14.4 Å². The first-order valence-electron chi connectivity index (χ1n) is 9.55. The summed E-state index contributed by atoms with van der Waals surface area (Å²) in [6.45, 7) is 2.63. The van der Waals surface area contributed by atoms with Crippen LogP contribution in [-0.4, -0.2) is 39.1 Å². The summed E-state index contributed by atoms with van der Waals surface area (Å²) in [6.07, 6.45) is -4.20. The number of benzene rings is 2. The fraction of sp³-hybridized carbons (Fsp3) is 0.400. The Labute approximate surface area is 177 Å². The Hall–Kier alpha value is -2.37. The molecule has 1 aliphatic heterocycles. The fourth-order valence-corrected chi connectivity index (χ4v) is 4.67. The SMILES string of the molecule is C[C@H](NS(=O)(=O)c1ccc(OC(F)(F)F)cc1)c1cc(F)ccc1N1CCC(O)CC1. The van der Waals surface area contributed by atoms with Crippen molar-refractivity contribution in [3.63, 3.8) is 0 Å². The maximum absolute atomic E-state index is 13.9. The second-order valence-corrected chi connectivity index (χ2v) is 9.00. The second kappa shape index (κ2) is 9.01. The van der Waals surface area contributed by atoms with Crippen molar-refractivity contribution in [1.29, 1.82) is 0 Å². The van der Waals surface area contributed by atoms with Crippen LogP contribution in [0.25, 0.3) is 0 Å². The number of sulfonamides is 1. The van der Waals surface area contributed by atoms with Crippen LogP contribution in [0.1, 0.15) is 31.4 Å². The van der Waals surface area contributed by atoms with E-state index in [4.69, 9.17) is 0 Å². The predicted octanol–water partition coefficient (Wildman–Crippen LogP) is 3.72. The lowest BCUT2D eigenvalue weighted by molar-refractivity contribution is -0.274. The number of ether oxygens (including phenoxy) is 1. The first kappa shape index (κ1) is 23.3. The van der Waals surface area contributed by atoms with E-state index < -0.39 is 40.1 Å². The molecule has 3 rings (SSSR count). The molecule has 0 unspecified atom stereocenters. The van der Waals surface area contributed by atoms with Gasteiger partial charge in [-0.15, -0.1) is 13.2 Å². The molecule has 2 N–H and O–H groups in total. The van der Waals surface area contributed by atoms with Gasteiger partial charge in [0.1, 0.15) is 11.6 Å². The Balaban J connectivity index is 1.80. The molecule has 170 valence electrons. The number of aliphatic hydroxyl groups excluding tert-OH is 1. The van der Waals surface area contributed by atoms with E-state index in [0.717, 1.165) is 24.3 Å². The first-order valence-corrected chi connectivity index (χ1v) is 11.0. The third-order valence-electron chi connectivity index (χ3n) is 4.96. The van der Waals surface area contributed by atoms with Crippen LogP contribution in [0, 0.1) is 5.82 Å². The number of alkyl halides is 3. The lowest BCUT2D eigenvalue weighted by atomic mass is 10.0. The van der Waals surface area contributed by atoms with E-state index >= 15 is 0 Å². The van der Waals surface area contributed by atoms with Crippen LogP contribution in [0.4, 0.5) is 23.2 Å². The van der Waals surface area contributed by atoms with Gasteiger partial charge in [-0.3, -0.25) is 0 Å². The van der Waals surface area contributed by atoms with Gasteiger partial charge in [0.15, 0.2) is 0 Å². The van der Waals surface area contributed by atoms with Gasteiger partial charge in [-0.1, -0.05) is 0 Å². The number of piperidine rings is 1. The maximum atomic E-state index is 13.9. The number of nitrogens with zero attached hydrogens (tertiary/aromatic N) is 1. The minimum Gasteiger partial charge on any atom is -0.406 e. The molecule has 31 heavy (non-hydrogen) atoms. The van der Waals surface area contributed by atoms with Gasteiger partial charge in [0, 0.05) is 24.8 Å². The normalized spacial score (nSPS) is 16.9. The van der Waals surface area contributed by atoms with Crippen molar-refractivity contribution in [2.75, 3.05) is 18.0 Å². The van der Waals surface area contributed by atoms with Crippen molar-refractivity contribution in [1.82, 2.24) is 4.72 Å². The second-order valence-electron chi connectivity index (χ2n) is 7.28. The molecular weight excluding hydrogens is 440 g/mol. The van der Waals surface area contributed by atoms with E-state index in [-0.39, 0.29) is 4.90 Å².